The molecule has 7 heteroatoms. The van der Waals surface area contributed by atoms with Crippen LogP contribution in [0.4, 0.5) is 19.1 Å². The molecule has 1 aromatic heterocycles. The molecule has 0 bridgehead atoms. The topological polar surface area (TPSA) is 43.8 Å². The third kappa shape index (κ3) is 1.94. The first kappa shape index (κ1) is 13.0. The number of rotatable bonds is 1. The molecule has 0 aliphatic heterocycles. The fourth-order valence-corrected chi connectivity index (χ4v) is 2.57. The van der Waals surface area contributed by atoms with Crippen LogP contribution < -0.4 is 5.73 Å². The zero-order valence-electron chi connectivity index (χ0n) is 9.87. The van der Waals surface area contributed by atoms with Gasteiger partial charge in [0, 0.05) is 16.6 Å². The molecule has 1 heterocycles. The molecule has 0 spiro atoms. The number of aromatic nitrogens is 2. The van der Waals surface area contributed by atoms with Crippen LogP contribution in [0.15, 0.2) is 34.8 Å². The predicted octanol–water partition coefficient (Wildman–Crippen LogP) is 3.79. The molecule has 20 heavy (non-hydrogen) atoms. The second-order valence-corrected chi connectivity index (χ2v) is 5.01. The van der Waals surface area contributed by atoms with Crippen molar-refractivity contribution in [1.29, 1.82) is 0 Å². The molecule has 0 saturated heterocycles. The van der Waals surface area contributed by atoms with E-state index >= 15 is 0 Å². The Morgan fingerprint density at radius 2 is 1.80 bits per heavy atom. The maximum atomic E-state index is 13.7. The molecule has 0 aliphatic rings. The number of hydrogen-bond acceptors (Lipinski definition) is 2. The van der Waals surface area contributed by atoms with Gasteiger partial charge in [-0.2, -0.15) is 0 Å². The third-order valence-corrected chi connectivity index (χ3v) is 3.49. The molecule has 2 aromatic carbocycles. The van der Waals surface area contributed by atoms with E-state index in [4.69, 9.17) is 5.73 Å². The van der Waals surface area contributed by atoms with Gasteiger partial charge in [0.1, 0.15) is 17.2 Å². The molecule has 0 saturated carbocycles. The summed E-state index contributed by atoms with van der Waals surface area (Å²) in [6.07, 6.45) is 0. The van der Waals surface area contributed by atoms with Crippen LogP contribution >= 0.6 is 15.9 Å². The summed E-state index contributed by atoms with van der Waals surface area (Å²) < 4.78 is 41.9. The lowest BCUT2D eigenvalue weighted by molar-refractivity contribution is 0.590. The zero-order chi connectivity index (χ0) is 14.4. The first-order valence-electron chi connectivity index (χ1n) is 5.56. The molecule has 2 N–H and O–H groups in total. The summed E-state index contributed by atoms with van der Waals surface area (Å²) >= 11 is 3.19. The van der Waals surface area contributed by atoms with Gasteiger partial charge in [-0.1, -0.05) is 0 Å². The van der Waals surface area contributed by atoms with Crippen molar-refractivity contribution in [3.8, 4) is 5.69 Å². The number of anilines is 1. The number of nitrogens with two attached hydrogens (primary N) is 1. The lowest BCUT2D eigenvalue weighted by Gasteiger charge is -2.09. The van der Waals surface area contributed by atoms with Crippen LogP contribution in [0.1, 0.15) is 0 Å². The van der Waals surface area contributed by atoms with Crippen molar-refractivity contribution in [3.05, 3.63) is 52.3 Å². The van der Waals surface area contributed by atoms with Crippen molar-refractivity contribution >= 4 is 32.9 Å². The fourth-order valence-electron chi connectivity index (χ4n) is 2.04. The quantitative estimate of drug-likeness (QED) is 0.731. The Morgan fingerprint density at radius 3 is 2.50 bits per heavy atom. The van der Waals surface area contributed by atoms with Crippen LogP contribution in [0, 0.1) is 17.5 Å². The van der Waals surface area contributed by atoms with E-state index in [9.17, 15) is 13.2 Å². The van der Waals surface area contributed by atoms with Gasteiger partial charge in [-0.25, -0.2) is 18.2 Å². The first-order chi connectivity index (χ1) is 9.47. The standard InChI is InChI=1S/C13H7BrF3N3/c14-8-3-6(15)1-2-10(8)20-11-5-7(16)4-9(17)12(11)19-13(20)18/h1-5H,(H2,18,19). The van der Waals surface area contributed by atoms with Crippen molar-refractivity contribution in [2.75, 3.05) is 5.73 Å². The van der Waals surface area contributed by atoms with E-state index in [2.05, 4.69) is 20.9 Å². The van der Waals surface area contributed by atoms with Gasteiger partial charge in [-0.3, -0.25) is 4.57 Å². The van der Waals surface area contributed by atoms with Crippen molar-refractivity contribution in [2.24, 2.45) is 0 Å². The number of imidazole rings is 1. The molecule has 102 valence electrons. The molecule has 0 amide bonds. The summed E-state index contributed by atoms with van der Waals surface area (Å²) in [6, 6.07) is 5.76. The normalized spacial score (nSPS) is 11.2. The van der Waals surface area contributed by atoms with Gasteiger partial charge >= 0.3 is 0 Å². The van der Waals surface area contributed by atoms with Crippen LogP contribution in [0.2, 0.25) is 0 Å². The molecule has 0 radical (unpaired) electrons. The molecular formula is C13H7BrF3N3. The van der Waals surface area contributed by atoms with Gasteiger partial charge < -0.3 is 5.73 Å². The first-order valence-corrected chi connectivity index (χ1v) is 6.35. The maximum Gasteiger partial charge on any atom is 0.206 e. The van der Waals surface area contributed by atoms with Crippen LogP contribution in [0.25, 0.3) is 16.7 Å². The summed E-state index contributed by atoms with van der Waals surface area (Å²) in [5.41, 5.74) is 6.33. The molecule has 0 unspecified atom stereocenters. The average Bonchev–Trinajstić information content (AvgIpc) is 2.67. The van der Waals surface area contributed by atoms with E-state index < -0.39 is 17.5 Å². The summed E-state index contributed by atoms with van der Waals surface area (Å²) in [7, 11) is 0. The number of nitrogen functional groups attached to an aromatic ring is 1. The average molecular weight is 342 g/mol. The number of benzene rings is 2. The summed E-state index contributed by atoms with van der Waals surface area (Å²) in [6.45, 7) is 0. The second kappa shape index (κ2) is 4.52. The summed E-state index contributed by atoms with van der Waals surface area (Å²) in [4.78, 5) is 3.88. The molecule has 0 fully saturated rings. The molecule has 3 aromatic rings. The number of halogens is 4. The Labute approximate surface area is 120 Å². The van der Waals surface area contributed by atoms with Crippen LogP contribution in [0.3, 0.4) is 0 Å². The minimum Gasteiger partial charge on any atom is -0.369 e. The fraction of sp³-hybridized carbons (Fsp3) is 0. The highest BCUT2D eigenvalue weighted by Gasteiger charge is 2.16. The van der Waals surface area contributed by atoms with E-state index in [1.165, 1.54) is 22.8 Å². The van der Waals surface area contributed by atoms with Crippen LogP contribution in [0.5, 0.6) is 0 Å². The highest BCUT2D eigenvalue weighted by molar-refractivity contribution is 9.10. The van der Waals surface area contributed by atoms with Crippen molar-refractivity contribution < 1.29 is 13.2 Å². The molecular weight excluding hydrogens is 335 g/mol. The smallest absolute Gasteiger partial charge is 0.206 e. The van der Waals surface area contributed by atoms with Crippen molar-refractivity contribution in [3.63, 3.8) is 0 Å². The minimum atomic E-state index is -0.802. The van der Waals surface area contributed by atoms with E-state index in [0.717, 1.165) is 12.1 Å². The molecule has 0 atom stereocenters. The Kier molecular flexibility index (Phi) is 2.93. The highest BCUT2D eigenvalue weighted by Crippen LogP contribution is 2.30. The van der Waals surface area contributed by atoms with Crippen molar-refractivity contribution in [1.82, 2.24) is 9.55 Å². The SMILES string of the molecule is Nc1nc2c(F)cc(F)cc2n1-c1ccc(F)cc1Br. The Hall–Kier alpha value is -2.02. The lowest BCUT2D eigenvalue weighted by atomic mass is 10.2. The number of nitrogens with zero attached hydrogens (tertiary/aromatic N) is 2. The van der Waals surface area contributed by atoms with Gasteiger partial charge in [0.05, 0.1) is 11.2 Å². The van der Waals surface area contributed by atoms with E-state index in [1.807, 2.05) is 0 Å². The third-order valence-electron chi connectivity index (χ3n) is 2.86. The van der Waals surface area contributed by atoms with E-state index in [1.54, 1.807) is 0 Å². The van der Waals surface area contributed by atoms with Crippen LogP contribution in [-0.4, -0.2) is 9.55 Å². The van der Waals surface area contributed by atoms with Gasteiger partial charge in [0.25, 0.3) is 0 Å². The zero-order valence-corrected chi connectivity index (χ0v) is 11.5. The van der Waals surface area contributed by atoms with E-state index in [0.29, 0.717) is 10.2 Å². The lowest BCUT2D eigenvalue weighted by Crippen LogP contribution is -2.01. The predicted molar refractivity (Wildman–Crippen MR) is 73.1 cm³/mol. The largest absolute Gasteiger partial charge is 0.369 e. The number of hydrogen-bond donors (Lipinski definition) is 1. The summed E-state index contributed by atoms with van der Waals surface area (Å²) in [5.74, 6) is -2.00. The molecule has 0 aliphatic carbocycles. The molecule has 3 rings (SSSR count). The minimum absolute atomic E-state index is 0.0168. The monoisotopic (exact) mass is 341 g/mol. The van der Waals surface area contributed by atoms with Crippen LogP contribution in [-0.2, 0) is 0 Å². The highest BCUT2D eigenvalue weighted by atomic mass is 79.9. The Bertz CT molecular complexity index is 829. The number of fused-ring (bicyclic) bond motifs is 1. The van der Waals surface area contributed by atoms with Gasteiger partial charge in [0.15, 0.2) is 5.82 Å². The van der Waals surface area contributed by atoms with E-state index in [-0.39, 0.29) is 17.0 Å². The van der Waals surface area contributed by atoms with Gasteiger partial charge in [-0.15, -0.1) is 0 Å². The maximum absolute atomic E-state index is 13.7. The Balaban J connectivity index is 2.38. The summed E-state index contributed by atoms with van der Waals surface area (Å²) in [5, 5.41) is 0. The second-order valence-electron chi connectivity index (χ2n) is 4.16. The van der Waals surface area contributed by atoms with Gasteiger partial charge in [-0.05, 0) is 34.1 Å². The Morgan fingerprint density at radius 1 is 1.05 bits per heavy atom. The van der Waals surface area contributed by atoms with Gasteiger partial charge in [0.2, 0.25) is 5.95 Å². The molecule has 3 nitrogen and oxygen atoms in total. The van der Waals surface area contributed by atoms with Crippen molar-refractivity contribution in [2.45, 2.75) is 0 Å².